The van der Waals surface area contributed by atoms with E-state index in [2.05, 4.69) is 5.10 Å². The van der Waals surface area contributed by atoms with Crippen LogP contribution in [0.25, 0.3) is 0 Å². The molecule has 0 saturated heterocycles. The van der Waals surface area contributed by atoms with E-state index in [-0.39, 0.29) is 23.3 Å². The van der Waals surface area contributed by atoms with Crippen LogP contribution in [0.3, 0.4) is 0 Å². The van der Waals surface area contributed by atoms with Gasteiger partial charge < -0.3 is 10.0 Å². The summed E-state index contributed by atoms with van der Waals surface area (Å²) in [6.07, 6.45) is 2.03. The molecule has 1 aromatic rings. The average Bonchev–Trinajstić information content (AvgIpc) is 3.08. The Kier molecular flexibility index (Phi) is 3.75. The Bertz CT molecular complexity index is 480. The molecule has 1 saturated carbocycles. The van der Waals surface area contributed by atoms with Crippen LogP contribution in [0.15, 0.2) is 0 Å². The van der Waals surface area contributed by atoms with Gasteiger partial charge in [0.2, 0.25) is 5.82 Å². The van der Waals surface area contributed by atoms with E-state index in [1.54, 1.807) is 11.6 Å². The van der Waals surface area contributed by atoms with Crippen molar-refractivity contribution in [2.75, 3.05) is 18.1 Å². The van der Waals surface area contributed by atoms with Crippen molar-refractivity contribution in [1.82, 2.24) is 9.78 Å². The fourth-order valence-corrected chi connectivity index (χ4v) is 2.32. The van der Waals surface area contributed by atoms with Gasteiger partial charge in [-0.15, -0.1) is 0 Å². The Hall–Kier alpha value is -1.63. The van der Waals surface area contributed by atoms with E-state index in [1.165, 1.54) is 0 Å². The molecule has 7 heteroatoms. The summed E-state index contributed by atoms with van der Waals surface area (Å²) in [4.78, 5) is 12.9. The molecule has 0 atom stereocenters. The lowest BCUT2D eigenvalue weighted by Gasteiger charge is -2.24. The number of nitro groups is 1. The lowest BCUT2D eigenvalue weighted by Crippen LogP contribution is -2.32. The lowest BCUT2D eigenvalue weighted by molar-refractivity contribution is -0.384. The topological polar surface area (TPSA) is 84.4 Å². The zero-order valence-corrected chi connectivity index (χ0v) is 11.5. The number of aliphatic hydroxyl groups is 1. The predicted molar refractivity (Wildman–Crippen MR) is 71.5 cm³/mol. The maximum Gasteiger partial charge on any atom is 0.333 e. The first-order valence-electron chi connectivity index (χ1n) is 6.58. The van der Waals surface area contributed by atoms with E-state index in [9.17, 15) is 15.2 Å². The molecule has 1 fully saturated rings. The van der Waals surface area contributed by atoms with Gasteiger partial charge in [-0.25, -0.2) is 4.68 Å². The molecule has 1 heterocycles. The van der Waals surface area contributed by atoms with Crippen LogP contribution in [0, 0.1) is 17.0 Å². The van der Waals surface area contributed by atoms with Crippen molar-refractivity contribution in [3.05, 3.63) is 15.8 Å². The SMILES string of the molecule is Cc1nn(C(C)C)c(N(CCO)C2CC2)c1[N+](=O)[O-]. The molecule has 1 aromatic heterocycles. The summed E-state index contributed by atoms with van der Waals surface area (Å²) in [5, 5.41) is 24.8. The van der Waals surface area contributed by atoms with E-state index in [0.717, 1.165) is 12.8 Å². The number of aliphatic hydroxyl groups excluding tert-OH is 1. The van der Waals surface area contributed by atoms with Gasteiger partial charge in [-0.1, -0.05) is 0 Å². The standard InChI is InChI=1S/C12H20N4O3/c1-8(2)15-12(11(16(18)19)9(3)13-15)14(6-7-17)10-4-5-10/h8,10,17H,4-7H2,1-3H3. The minimum atomic E-state index is -0.372. The second-order valence-electron chi connectivity index (χ2n) is 5.20. The Labute approximate surface area is 112 Å². The van der Waals surface area contributed by atoms with Gasteiger partial charge in [-0.2, -0.15) is 5.10 Å². The van der Waals surface area contributed by atoms with Crippen molar-refractivity contribution in [3.63, 3.8) is 0 Å². The minimum absolute atomic E-state index is 0.0179. The van der Waals surface area contributed by atoms with Gasteiger partial charge in [-0.3, -0.25) is 10.1 Å². The molecule has 2 rings (SSSR count). The van der Waals surface area contributed by atoms with Crippen molar-refractivity contribution in [3.8, 4) is 0 Å². The maximum absolute atomic E-state index is 11.3. The van der Waals surface area contributed by atoms with E-state index in [1.807, 2.05) is 18.7 Å². The third-order valence-electron chi connectivity index (χ3n) is 3.30. The molecule has 0 aliphatic heterocycles. The first-order chi connectivity index (χ1) is 8.97. The smallest absolute Gasteiger partial charge is 0.333 e. The number of aromatic nitrogens is 2. The number of hydrogen-bond donors (Lipinski definition) is 1. The molecular weight excluding hydrogens is 248 g/mol. The summed E-state index contributed by atoms with van der Waals surface area (Å²) < 4.78 is 1.70. The maximum atomic E-state index is 11.3. The number of anilines is 1. The van der Waals surface area contributed by atoms with E-state index < -0.39 is 0 Å². The molecule has 0 aromatic carbocycles. The molecule has 1 aliphatic carbocycles. The predicted octanol–water partition coefficient (Wildman–Crippen LogP) is 1.64. The second-order valence-corrected chi connectivity index (χ2v) is 5.20. The fraction of sp³-hybridized carbons (Fsp3) is 0.750. The van der Waals surface area contributed by atoms with Gasteiger partial charge in [0, 0.05) is 18.6 Å². The largest absolute Gasteiger partial charge is 0.395 e. The number of aryl methyl sites for hydroxylation is 1. The molecule has 0 radical (unpaired) electrons. The highest BCUT2D eigenvalue weighted by molar-refractivity contribution is 5.62. The number of rotatable bonds is 6. The number of nitrogens with zero attached hydrogens (tertiary/aromatic N) is 4. The van der Waals surface area contributed by atoms with Crippen LogP contribution >= 0.6 is 0 Å². The Balaban J connectivity index is 2.53. The zero-order valence-electron chi connectivity index (χ0n) is 11.5. The summed E-state index contributed by atoms with van der Waals surface area (Å²) in [6.45, 7) is 5.94. The highest BCUT2D eigenvalue weighted by Crippen LogP contribution is 2.39. The van der Waals surface area contributed by atoms with Crippen molar-refractivity contribution in [1.29, 1.82) is 0 Å². The van der Waals surface area contributed by atoms with Crippen LogP contribution in [0.2, 0.25) is 0 Å². The zero-order chi connectivity index (χ0) is 14.2. The molecule has 0 unspecified atom stereocenters. The molecule has 7 nitrogen and oxygen atoms in total. The van der Waals surface area contributed by atoms with Crippen LogP contribution in [0.5, 0.6) is 0 Å². The monoisotopic (exact) mass is 268 g/mol. The van der Waals surface area contributed by atoms with Crippen molar-refractivity contribution in [2.24, 2.45) is 0 Å². The molecule has 106 valence electrons. The quantitative estimate of drug-likeness (QED) is 0.626. The highest BCUT2D eigenvalue weighted by Gasteiger charge is 2.37. The molecule has 19 heavy (non-hydrogen) atoms. The van der Waals surface area contributed by atoms with E-state index in [0.29, 0.717) is 24.1 Å². The summed E-state index contributed by atoms with van der Waals surface area (Å²) >= 11 is 0. The van der Waals surface area contributed by atoms with Gasteiger partial charge in [0.05, 0.1) is 11.5 Å². The van der Waals surface area contributed by atoms with Crippen molar-refractivity contribution in [2.45, 2.75) is 45.7 Å². The first kappa shape index (κ1) is 13.8. The highest BCUT2D eigenvalue weighted by atomic mass is 16.6. The number of hydrogen-bond acceptors (Lipinski definition) is 5. The van der Waals surface area contributed by atoms with Gasteiger partial charge >= 0.3 is 5.69 Å². The van der Waals surface area contributed by atoms with E-state index in [4.69, 9.17) is 0 Å². The van der Waals surface area contributed by atoms with Gasteiger partial charge in [-0.05, 0) is 33.6 Å². The van der Waals surface area contributed by atoms with E-state index >= 15 is 0 Å². The summed E-state index contributed by atoms with van der Waals surface area (Å²) in [7, 11) is 0. The van der Waals surface area contributed by atoms with Gasteiger partial charge in [0.15, 0.2) is 0 Å². The normalized spacial score (nSPS) is 15.0. The van der Waals surface area contributed by atoms with Crippen LogP contribution in [0.4, 0.5) is 11.5 Å². The van der Waals surface area contributed by atoms with Crippen LogP contribution in [-0.2, 0) is 0 Å². The summed E-state index contributed by atoms with van der Waals surface area (Å²) in [6, 6.07) is 0.335. The third kappa shape index (κ3) is 2.56. The summed E-state index contributed by atoms with van der Waals surface area (Å²) in [5.74, 6) is 0.536. The fourth-order valence-electron chi connectivity index (χ4n) is 2.32. The summed E-state index contributed by atoms with van der Waals surface area (Å²) in [5.41, 5.74) is 0.492. The lowest BCUT2D eigenvalue weighted by atomic mass is 10.3. The van der Waals surface area contributed by atoms with Crippen LogP contribution in [0.1, 0.15) is 38.4 Å². The Morgan fingerprint density at radius 3 is 2.63 bits per heavy atom. The molecular formula is C12H20N4O3. The first-order valence-corrected chi connectivity index (χ1v) is 6.58. The van der Waals surface area contributed by atoms with Crippen LogP contribution < -0.4 is 4.90 Å². The van der Waals surface area contributed by atoms with Crippen molar-refractivity contribution >= 4 is 11.5 Å². The third-order valence-corrected chi connectivity index (χ3v) is 3.30. The van der Waals surface area contributed by atoms with Crippen molar-refractivity contribution < 1.29 is 10.0 Å². The molecule has 0 bridgehead atoms. The second kappa shape index (κ2) is 5.16. The van der Waals surface area contributed by atoms with Gasteiger partial charge in [0.1, 0.15) is 5.69 Å². The molecule has 1 N–H and O–H groups in total. The Morgan fingerprint density at radius 1 is 1.58 bits per heavy atom. The van der Waals surface area contributed by atoms with Crippen LogP contribution in [-0.4, -0.2) is 39.0 Å². The Morgan fingerprint density at radius 2 is 2.21 bits per heavy atom. The molecule has 0 spiro atoms. The average molecular weight is 268 g/mol. The molecule has 0 amide bonds. The molecule has 1 aliphatic rings. The van der Waals surface area contributed by atoms with Gasteiger partial charge in [0.25, 0.3) is 0 Å². The minimum Gasteiger partial charge on any atom is -0.395 e.